The van der Waals surface area contributed by atoms with Crippen LogP contribution in [0.15, 0.2) is 42.5 Å². The van der Waals surface area contributed by atoms with Gasteiger partial charge in [0.2, 0.25) is 29.5 Å². The third kappa shape index (κ3) is 11.3. The SMILES string of the molecule is CC(=O)[C@@H]1C[C@H](C)CN1C(=O)[C@H](C)NC(=O)[C@H](C)N(C)C(=O)[C@@H]1C[C@@H](O)CN1C(=O)[C@@H](NC(=O)[C@H](Cc1cc(F)cc(F)c1)NC(=O)Nc1ccc(C)cc1)[C@H](C)O. The summed E-state index contributed by atoms with van der Waals surface area (Å²) in [6.07, 6.45) is -2.95. The molecule has 7 amide bonds. The monoisotopic (exact) mass is 813 g/mol. The second kappa shape index (κ2) is 19.3. The molecule has 2 aliphatic heterocycles. The number of urea groups is 1. The minimum atomic E-state index is -1.73. The highest BCUT2D eigenvalue weighted by Gasteiger charge is 2.45. The van der Waals surface area contributed by atoms with Crippen LogP contribution in [0.4, 0.5) is 19.3 Å². The van der Waals surface area contributed by atoms with Crippen LogP contribution in [-0.4, -0.2) is 135 Å². The van der Waals surface area contributed by atoms with Crippen molar-refractivity contribution in [3.05, 3.63) is 65.2 Å². The zero-order chi connectivity index (χ0) is 43.2. The van der Waals surface area contributed by atoms with Crippen LogP contribution in [-0.2, 0) is 35.2 Å². The Labute approximate surface area is 335 Å². The summed E-state index contributed by atoms with van der Waals surface area (Å²) in [5.41, 5.74) is 1.29. The molecule has 6 N–H and O–H groups in total. The van der Waals surface area contributed by atoms with Crippen molar-refractivity contribution in [2.45, 2.75) is 109 Å². The molecule has 4 rings (SSSR count). The first-order valence-electron chi connectivity index (χ1n) is 19.1. The number of β-amino-alcohol motifs (C(OH)–C–C–N with tert-alkyl or cyclic N) is 1. The number of aryl methyl sites for hydroxylation is 1. The second-order valence-corrected chi connectivity index (χ2v) is 15.4. The summed E-state index contributed by atoms with van der Waals surface area (Å²) in [4.78, 5) is 96.9. The zero-order valence-electron chi connectivity index (χ0n) is 33.6. The lowest BCUT2D eigenvalue weighted by Crippen LogP contribution is -2.61. The Balaban J connectivity index is 1.48. The molecule has 2 heterocycles. The van der Waals surface area contributed by atoms with Crippen molar-refractivity contribution in [2.75, 3.05) is 25.5 Å². The number of ketones is 1. The number of halogens is 2. The molecule has 18 heteroatoms. The van der Waals surface area contributed by atoms with E-state index in [9.17, 15) is 52.6 Å². The van der Waals surface area contributed by atoms with Crippen molar-refractivity contribution in [3.8, 4) is 0 Å². The number of hydrogen-bond acceptors (Lipinski definition) is 9. The number of aliphatic hydroxyl groups is 2. The number of nitrogens with zero attached hydrogens (tertiary/aromatic N) is 3. The van der Waals surface area contributed by atoms with Gasteiger partial charge in [-0.1, -0.05) is 24.6 Å². The molecule has 0 aliphatic carbocycles. The Bertz CT molecular complexity index is 1860. The average Bonchev–Trinajstić information content (AvgIpc) is 3.74. The first-order chi connectivity index (χ1) is 27.2. The van der Waals surface area contributed by atoms with Crippen molar-refractivity contribution in [3.63, 3.8) is 0 Å². The molecule has 316 valence electrons. The van der Waals surface area contributed by atoms with Crippen molar-refractivity contribution in [2.24, 2.45) is 5.92 Å². The van der Waals surface area contributed by atoms with Crippen LogP contribution < -0.4 is 21.3 Å². The summed E-state index contributed by atoms with van der Waals surface area (Å²) in [5.74, 6) is -5.83. The van der Waals surface area contributed by atoms with Gasteiger partial charge < -0.3 is 46.2 Å². The average molecular weight is 814 g/mol. The van der Waals surface area contributed by atoms with E-state index < -0.39 is 102 Å². The standard InChI is InChI=1S/C40H53F2N7O9/c1-20-8-10-29(11-9-20)44-40(58)45-31(15-26-13-27(41)16-28(42)14-26)36(54)46-34(25(6)51)39(57)49-19-30(52)17-33(49)38(56)47(7)23(4)35(53)43-22(3)37(55)48-18-21(2)12-32(48)24(5)50/h8-11,13-14,16,21-23,25,30-34,51-52H,12,15,17-19H2,1-7H3,(H,43,53)(H,46,54)(H2,44,45,58)/t21-,22-,23-,25-,30+,31-,32-,33-,34-/m0/s1. The number of likely N-dealkylation sites (tertiary alicyclic amines) is 2. The topological polar surface area (TPSA) is 218 Å². The predicted molar refractivity (Wildman–Crippen MR) is 207 cm³/mol. The molecule has 16 nitrogen and oxygen atoms in total. The van der Waals surface area contributed by atoms with E-state index in [0.29, 0.717) is 24.7 Å². The van der Waals surface area contributed by atoms with Crippen LogP contribution in [0.2, 0.25) is 0 Å². The number of hydrogen-bond donors (Lipinski definition) is 6. The lowest BCUT2D eigenvalue weighted by atomic mass is 10.0. The van der Waals surface area contributed by atoms with Crippen molar-refractivity contribution >= 4 is 47.0 Å². The summed E-state index contributed by atoms with van der Waals surface area (Å²) in [5, 5.41) is 31.4. The fraction of sp³-hybridized carbons (Fsp3) is 0.525. The van der Waals surface area contributed by atoms with Gasteiger partial charge in [-0.3, -0.25) is 28.8 Å². The lowest BCUT2D eigenvalue weighted by Gasteiger charge is -2.34. The smallest absolute Gasteiger partial charge is 0.319 e. The van der Waals surface area contributed by atoms with Gasteiger partial charge in [-0.25, -0.2) is 13.6 Å². The molecular formula is C40H53F2N7O9. The van der Waals surface area contributed by atoms with Crippen LogP contribution in [0.1, 0.15) is 58.6 Å². The largest absolute Gasteiger partial charge is 0.391 e. The molecule has 0 bridgehead atoms. The highest BCUT2D eigenvalue weighted by molar-refractivity contribution is 5.98. The van der Waals surface area contributed by atoms with E-state index in [-0.39, 0.29) is 30.2 Å². The van der Waals surface area contributed by atoms with Crippen molar-refractivity contribution in [1.82, 2.24) is 30.7 Å². The molecule has 9 atom stereocenters. The van der Waals surface area contributed by atoms with E-state index in [1.165, 1.54) is 39.6 Å². The fourth-order valence-corrected chi connectivity index (χ4v) is 7.17. The summed E-state index contributed by atoms with van der Waals surface area (Å²) in [6.45, 7) is 9.22. The number of benzene rings is 2. The summed E-state index contributed by atoms with van der Waals surface area (Å²) in [7, 11) is 1.31. The van der Waals surface area contributed by atoms with Gasteiger partial charge in [0.15, 0.2) is 5.78 Å². The van der Waals surface area contributed by atoms with Crippen LogP contribution in [0, 0.1) is 24.5 Å². The minimum Gasteiger partial charge on any atom is -0.391 e. The second-order valence-electron chi connectivity index (χ2n) is 15.4. The van der Waals surface area contributed by atoms with Gasteiger partial charge in [0.05, 0.1) is 18.2 Å². The number of carbonyl (C=O) groups is 7. The van der Waals surface area contributed by atoms with Gasteiger partial charge in [-0.15, -0.1) is 0 Å². The van der Waals surface area contributed by atoms with Crippen molar-refractivity contribution < 1.29 is 52.6 Å². The number of amides is 7. The van der Waals surface area contributed by atoms with Gasteiger partial charge in [0.25, 0.3) is 0 Å². The van der Waals surface area contributed by atoms with Crippen LogP contribution in [0.3, 0.4) is 0 Å². The molecule has 58 heavy (non-hydrogen) atoms. The Hall–Kier alpha value is -5.49. The summed E-state index contributed by atoms with van der Waals surface area (Å²) < 4.78 is 28.2. The van der Waals surface area contributed by atoms with Gasteiger partial charge >= 0.3 is 6.03 Å². The lowest BCUT2D eigenvalue weighted by molar-refractivity contribution is -0.149. The Morgan fingerprint density at radius 3 is 2.03 bits per heavy atom. The molecule has 0 saturated carbocycles. The van der Waals surface area contributed by atoms with Gasteiger partial charge in [0, 0.05) is 44.7 Å². The van der Waals surface area contributed by atoms with Gasteiger partial charge in [-0.05, 0) is 76.8 Å². The third-order valence-electron chi connectivity index (χ3n) is 10.5. The third-order valence-corrected chi connectivity index (χ3v) is 10.5. The van der Waals surface area contributed by atoms with E-state index in [2.05, 4.69) is 21.3 Å². The molecule has 0 spiro atoms. The quantitative estimate of drug-likeness (QED) is 0.160. The molecule has 2 aromatic carbocycles. The molecule has 0 aromatic heterocycles. The van der Waals surface area contributed by atoms with E-state index in [1.54, 1.807) is 24.3 Å². The fourth-order valence-electron chi connectivity index (χ4n) is 7.17. The zero-order valence-corrected chi connectivity index (χ0v) is 33.6. The van der Waals surface area contributed by atoms with Crippen LogP contribution >= 0.6 is 0 Å². The van der Waals surface area contributed by atoms with Crippen molar-refractivity contribution in [1.29, 1.82) is 0 Å². The highest BCUT2D eigenvalue weighted by atomic mass is 19.1. The molecule has 2 aromatic rings. The molecule has 2 aliphatic rings. The number of likely N-dealkylation sites (N-methyl/N-ethyl adjacent to an activating group) is 1. The number of rotatable bonds is 14. The summed E-state index contributed by atoms with van der Waals surface area (Å²) >= 11 is 0. The number of anilines is 1. The maximum Gasteiger partial charge on any atom is 0.319 e. The Kier molecular flexibility index (Phi) is 15.0. The van der Waals surface area contributed by atoms with E-state index in [0.717, 1.165) is 27.5 Å². The predicted octanol–water partition coefficient (Wildman–Crippen LogP) is 1.01. The summed E-state index contributed by atoms with van der Waals surface area (Å²) in [6, 6.07) is 1.01. The van der Waals surface area contributed by atoms with E-state index in [1.807, 2.05) is 13.8 Å². The normalized spacial score (nSPS) is 21.6. The molecule has 2 fully saturated rings. The highest BCUT2D eigenvalue weighted by Crippen LogP contribution is 2.25. The minimum absolute atomic E-state index is 0.00705. The first-order valence-corrected chi connectivity index (χ1v) is 19.1. The maximum atomic E-state index is 14.1. The first kappa shape index (κ1) is 45.2. The molecular weight excluding hydrogens is 760 g/mol. The van der Waals surface area contributed by atoms with Gasteiger partial charge in [0.1, 0.15) is 41.8 Å². The number of Topliss-reactive ketones (excluding diaryl/α,β-unsaturated/α-hetero) is 1. The molecule has 2 saturated heterocycles. The number of carbonyl (C=O) groups excluding carboxylic acids is 7. The van der Waals surface area contributed by atoms with Gasteiger partial charge in [-0.2, -0.15) is 0 Å². The molecule has 0 unspecified atom stereocenters. The molecule has 0 radical (unpaired) electrons. The van der Waals surface area contributed by atoms with Crippen LogP contribution in [0.5, 0.6) is 0 Å². The van der Waals surface area contributed by atoms with E-state index in [4.69, 9.17) is 0 Å². The Morgan fingerprint density at radius 1 is 0.845 bits per heavy atom. The Morgan fingerprint density at radius 2 is 1.45 bits per heavy atom. The number of nitrogens with one attached hydrogen (secondary N) is 4. The number of aliphatic hydroxyl groups excluding tert-OH is 2. The van der Waals surface area contributed by atoms with E-state index >= 15 is 0 Å². The maximum absolute atomic E-state index is 14.1. The van der Waals surface area contributed by atoms with Crippen LogP contribution in [0.25, 0.3) is 0 Å².